The average Bonchev–Trinajstić information content (AvgIpc) is 2.92. The SMILES string of the molecule is C(=Cc1ccc2ccccc2c1)c1cccc(N2CC(Cc3ccccc3)=Nc3cccnc32)c1. The molecule has 0 fully saturated rings. The summed E-state index contributed by atoms with van der Waals surface area (Å²) >= 11 is 0. The number of hydrogen-bond donors (Lipinski definition) is 0. The van der Waals surface area contributed by atoms with Gasteiger partial charge in [-0.05, 0) is 57.8 Å². The van der Waals surface area contributed by atoms with Gasteiger partial charge in [-0.3, -0.25) is 4.99 Å². The van der Waals surface area contributed by atoms with Crippen LogP contribution in [0.25, 0.3) is 22.9 Å². The van der Waals surface area contributed by atoms with Crippen molar-refractivity contribution in [3.05, 3.63) is 132 Å². The van der Waals surface area contributed by atoms with Crippen molar-refractivity contribution in [2.45, 2.75) is 6.42 Å². The fourth-order valence-electron chi connectivity index (χ4n) is 4.59. The highest BCUT2D eigenvalue weighted by molar-refractivity contribution is 5.98. The topological polar surface area (TPSA) is 28.5 Å². The summed E-state index contributed by atoms with van der Waals surface area (Å²) in [5, 5.41) is 2.51. The summed E-state index contributed by atoms with van der Waals surface area (Å²) in [7, 11) is 0. The van der Waals surface area contributed by atoms with E-state index in [1.807, 2.05) is 18.3 Å². The first-order valence-electron chi connectivity index (χ1n) is 11.9. The predicted molar refractivity (Wildman–Crippen MR) is 148 cm³/mol. The Balaban J connectivity index is 1.29. The van der Waals surface area contributed by atoms with Gasteiger partial charge in [0.05, 0.1) is 6.54 Å². The maximum absolute atomic E-state index is 4.94. The summed E-state index contributed by atoms with van der Waals surface area (Å²) in [4.78, 5) is 11.9. The van der Waals surface area contributed by atoms with Gasteiger partial charge in [0.15, 0.2) is 5.82 Å². The van der Waals surface area contributed by atoms with Gasteiger partial charge in [0.25, 0.3) is 0 Å². The van der Waals surface area contributed by atoms with E-state index in [1.165, 1.54) is 21.9 Å². The van der Waals surface area contributed by atoms with Crippen molar-refractivity contribution in [1.82, 2.24) is 4.98 Å². The lowest BCUT2D eigenvalue weighted by Crippen LogP contribution is -2.30. The average molecular weight is 452 g/mol. The van der Waals surface area contributed by atoms with Crippen LogP contribution in [-0.4, -0.2) is 17.2 Å². The van der Waals surface area contributed by atoms with Crippen LogP contribution in [0.15, 0.2) is 120 Å². The maximum Gasteiger partial charge on any atom is 0.159 e. The van der Waals surface area contributed by atoms with Gasteiger partial charge in [-0.1, -0.05) is 91.0 Å². The monoisotopic (exact) mass is 451 g/mol. The number of aliphatic imine (C=N–C) groups is 1. The lowest BCUT2D eigenvalue weighted by atomic mass is 10.0. The second-order valence-corrected chi connectivity index (χ2v) is 8.81. The van der Waals surface area contributed by atoms with Crippen molar-refractivity contribution < 1.29 is 0 Å². The Labute approximate surface area is 205 Å². The molecule has 0 radical (unpaired) electrons. The quantitative estimate of drug-likeness (QED) is 0.254. The molecule has 1 aliphatic heterocycles. The second kappa shape index (κ2) is 9.40. The summed E-state index contributed by atoms with van der Waals surface area (Å²) in [6.07, 6.45) is 7.02. The molecule has 0 amide bonds. The molecule has 0 saturated carbocycles. The number of fused-ring (bicyclic) bond motifs is 2. The van der Waals surface area contributed by atoms with E-state index >= 15 is 0 Å². The third kappa shape index (κ3) is 4.62. The number of hydrogen-bond acceptors (Lipinski definition) is 3. The Morgan fingerprint density at radius 1 is 0.686 bits per heavy atom. The molecule has 3 heteroatoms. The van der Waals surface area contributed by atoms with E-state index in [-0.39, 0.29) is 0 Å². The Hall–Kier alpha value is -4.50. The molecule has 4 aromatic carbocycles. The number of anilines is 2. The van der Waals surface area contributed by atoms with Crippen LogP contribution < -0.4 is 4.90 Å². The second-order valence-electron chi connectivity index (χ2n) is 8.81. The summed E-state index contributed by atoms with van der Waals surface area (Å²) in [5.74, 6) is 0.903. The molecular weight excluding hydrogens is 426 g/mol. The molecule has 0 unspecified atom stereocenters. The molecule has 0 aliphatic carbocycles. The molecule has 3 nitrogen and oxygen atoms in total. The molecule has 35 heavy (non-hydrogen) atoms. The van der Waals surface area contributed by atoms with Crippen LogP contribution in [-0.2, 0) is 6.42 Å². The van der Waals surface area contributed by atoms with Crippen molar-refractivity contribution in [3.63, 3.8) is 0 Å². The molecule has 0 spiro atoms. The largest absolute Gasteiger partial charge is 0.319 e. The van der Waals surface area contributed by atoms with Gasteiger partial charge in [0, 0.05) is 24.0 Å². The minimum absolute atomic E-state index is 0.719. The van der Waals surface area contributed by atoms with Gasteiger partial charge in [-0.15, -0.1) is 0 Å². The van der Waals surface area contributed by atoms with Gasteiger partial charge in [-0.25, -0.2) is 4.98 Å². The van der Waals surface area contributed by atoms with E-state index in [9.17, 15) is 0 Å². The molecule has 1 aromatic heterocycles. The first-order chi connectivity index (χ1) is 17.3. The van der Waals surface area contributed by atoms with Crippen LogP contribution in [0.5, 0.6) is 0 Å². The van der Waals surface area contributed by atoms with E-state index in [1.54, 1.807) is 0 Å². The number of pyridine rings is 1. The zero-order valence-corrected chi connectivity index (χ0v) is 19.4. The molecule has 2 heterocycles. The van der Waals surface area contributed by atoms with Gasteiger partial charge in [0.2, 0.25) is 0 Å². The number of aromatic nitrogens is 1. The number of nitrogens with zero attached hydrogens (tertiary/aromatic N) is 3. The van der Waals surface area contributed by atoms with Crippen molar-refractivity contribution in [2.75, 3.05) is 11.4 Å². The lowest BCUT2D eigenvalue weighted by Gasteiger charge is -2.29. The molecule has 6 rings (SSSR count). The Morgan fingerprint density at radius 2 is 1.49 bits per heavy atom. The zero-order chi connectivity index (χ0) is 23.5. The number of rotatable bonds is 5. The van der Waals surface area contributed by atoms with Crippen molar-refractivity contribution in [2.24, 2.45) is 4.99 Å². The molecule has 5 aromatic rings. The molecular formula is C32H25N3. The van der Waals surface area contributed by atoms with Crippen LogP contribution in [0.1, 0.15) is 16.7 Å². The standard InChI is InChI=1S/C32H25N3/c1-2-8-24(9-3-1)21-29-23-35(32-31(34-29)14-7-19-33-32)30-13-6-10-25(22-30)15-16-26-17-18-27-11-4-5-12-28(27)20-26/h1-20,22H,21,23H2. The normalized spacial score (nSPS) is 13.1. The van der Waals surface area contributed by atoms with Crippen LogP contribution in [0.4, 0.5) is 17.2 Å². The smallest absolute Gasteiger partial charge is 0.159 e. The minimum Gasteiger partial charge on any atom is -0.319 e. The predicted octanol–water partition coefficient (Wildman–Crippen LogP) is 7.87. The van der Waals surface area contributed by atoms with Gasteiger partial charge >= 0.3 is 0 Å². The van der Waals surface area contributed by atoms with E-state index < -0.39 is 0 Å². The first kappa shape index (κ1) is 21.1. The third-order valence-electron chi connectivity index (χ3n) is 6.32. The highest BCUT2D eigenvalue weighted by Crippen LogP contribution is 2.36. The number of benzene rings is 4. The molecule has 0 atom stereocenters. The minimum atomic E-state index is 0.719. The summed E-state index contributed by atoms with van der Waals surface area (Å²) < 4.78 is 0. The zero-order valence-electron chi connectivity index (χ0n) is 19.4. The Kier molecular flexibility index (Phi) is 5.65. The highest BCUT2D eigenvalue weighted by Gasteiger charge is 2.22. The van der Waals surface area contributed by atoms with E-state index in [4.69, 9.17) is 4.99 Å². The first-order valence-corrected chi connectivity index (χ1v) is 11.9. The Morgan fingerprint density at radius 3 is 2.37 bits per heavy atom. The van der Waals surface area contributed by atoms with Gasteiger partial charge in [-0.2, -0.15) is 0 Å². The van der Waals surface area contributed by atoms with Crippen LogP contribution in [0.3, 0.4) is 0 Å². The van der Waals surface area contributed by atoms with Crippen molar-refractivity contribution in [3.8, 4) is 0 Å². The lowest BCUT2D eigenvalue weighted by molar-refractivity contribution is 1.02. The fourth-order valence-corrected chi connectivity index (χ4v) is 4.59. The van der Waals surface area contributed by atoms with Crippen LogP contribution in [0.2, 0.25) is 0 Å². The fraction of sp³-hybridized carbons (Fsp3) is 0.0625. The van der Waals surface area contributed by atoms with Crippen LogP contribution in [0, 0.1) is 0 Å². The molecule has 1 aliphatic rings. The summed E-state index contributed by atoms with van der Waals surface area (Å²) in [5.41, 5.74) is 6.78. The molecule has 0 N–H and O–H groups in total. The maximum atomic E-state index is 4.94. The molecule has 0 bridgehead atoms. The molecule has 0 saturated heterocycles. The molecule has 168 valence electrons. The van der Waals surface area contributed by atoms with E-state index in [0.717, 1.165) is 41.4 Å². The highest BCUT2D eigenvalue weighted by atomic mass is 15.2. The van der Waals surface area contributed by atoms with E-state index in [2.05, 4.69) is 119 Å². The van der Waals surface area contributed by atoms with E-state index in [0.29, 0.717) is 0 Å². The third-order valence-corrected chi connectivity index (χ3v) is 6.32. The van der Waals surface area contributed by atoms with Gasteiger partial charge in [0.1, 0.15) is 5.69 Å². The van der Waals surface area contributed by atoms with Crippen molar-refractivity contribution >= 4 is 45.8 Å². The Bertz CT molecular complexity index is 1550. The van der Waals surface area contributed by atoms with Crippen molar-refractivity contribution in [1.29, 1.82) is 0 Å². The summed E-state index contributed by atoms with van der Waals surface area (Å²) in [6, 6.07) is 38.2. The summed E-state index contributed by atoms with van der Waals surface area (Å²) in [6.45, 7) is 0.719. The van der Waals surface area contributed by atoms with Gasteiger partial charge < -0.3 is 4.90 Å². The van der Waals surface area contributed by atoms with Crippen LogP contribution >= 0.6 is 0 Å².